The zero-order valence-electron chi connectivity index (χ0n) is 12.5. The lowest BCUT2D eigenvalue weighted by molar-refractivity contribution is 0.480. The van der Waals surface area contributed by atoms with Crippen molar-refractivity contribution in [2.75, 3.05) is 6.54 Å². The number of guanidine groups is 1. The molecule has 0 aliphatic heterocycles. The molecule has 0 spiro atoms. The SMILES string of the molecule is CCNC(=NCc1cc(F)ccc1F)NC(C)C(C)C. The molecule has 0 aliphatic rings. The van der Waals surface area contributed by atoms with Gasteiger partial charge >= 0.3 is 0 Å². The van der Waals surface area contributed by atoms with Crippen LogP contribution in [0.3, 0.4) is 0 Å². The summed E-state index contributed by atoms with van der Waals surface area (Å²) in [5.41, 5.74) is 0.249. The first-order valence-corrected chi connectivity index (χ1v) is 6.92. The normalized spacial score (nSPS) is 13.4. The third-order valence-corrected chi connectivity index (χ3v) is 3.12. The van der Waals surface area contributed by atoms with Crippen molar-refractivity contribution in [1.29, 1.82) is 0 Å². The number of nitrogens with one attached hydrogen (secondary N) is 2. The minimum absolute atomic E-state index is 0.101. The van der Waals surface area contributed by atoms with Gasteiger partial charge in [0.15, 0.2) is 5.96 Å². The van der Waals surface area contributed by atoms with Crippen molar-refractivity contribution in [3.63, 3.8) is 0 Å². The number of halogens is 2. The zero-order valence-corrected chi connectivity index (χ0v) is 12.5. The lowest BCUT2D eigenvalue weighted by Crippen LogP contribution is -2.44. The van der Waals surface area contributed by atoms with Crippen molar-refractivity contribution in [2.24, 2.45) is 10.9 Å². The Kier molecular flexibility index (Phi) is 6.42. The van der Waals surface area contributed by atoms with E-state index >= 15 is 0 Å². The summed E-state index contributed by atoms with van der Waals surface area (Å²) in [7, 11) is 0. The molecule has 20 heavy (non-hydrogen) atoms. The molecule has 3 nitrogen and oxygen atoms in total. The smallest absolute Gasteiger partial charge is 0.191 e. The van der Waals surface area contributed by atoms with E-state index in [-0.39, 0.29) is 18.2 Å². The van der Waals surface area contributed by atoms with E-state index in [0.29, 0.717) is 18.4 Å². The Morgan fingerprint density at radius 2 is 1.95 bits per heavy atom. The number of hydrogen-bond donors (Lipinski definition) is 2. The van der Waals surface area contributed by atoms with Crippen LogP contribution < -0.4 is 10.6 Å². The number of aliphatic imine (C=N–C) groups is 1. The predicted molar refractivity (Wildman–Crippen MR) is 78.6 cm³/mol. The van der Waals surface area contributed by atoms with Crippen LogP contribution in [0.25, 0.3) is 0 Å². The van der Waals surface area contributed by atoms with E-state index in [1.165, 1.54) is 6.07 Å². The van der Waals surface area contributed by atoms with Crippen LogP contribution in [0.5, 0.6) is 0 Å². The quantitative estimate of drug-likeness (QED) is 0.643. The molecule has 0 fully saturated rings. The first-order chi connectivity index (χ1) is 9.43. The molecular formula is C15H23F2N3. The molecule has 5 heteroatoms. The van der Waals surface area contributed by atoms with E-state index in [0.717, 1.165) is 12.1 Å². The van der Waals surface area contributed by atoms with Gasteiger partial charge in [-0.2, -0.15) is 0 Å². The molecule has 2 N–H and O–H groups in total. The summed E-state index contributed by atoms with van der Waals surface area (Å²) >= 11 is 0. The summed E-state index contributed by atoms with van der Waals surface area (Å²) in [6.07, 6.45) is 0. The van der Waals surface area contributed by atoms with E-state index in [4.69, 9.17) is 0 Å². The second-order valence-electron chi connectivity index (χ2n) is 5.11. The summed E-state index contributed by atoms with van der Waals surface area (Å²) < 4.78 is 26.6. The van der Waals surface area contributed by atoms with Crippen molar-refractivity contribution in [1.82, 2.24) is 10.6 Å². The van der Waals surface area contributed by atoms with Crippen molar-refractivity contribution in [3.05, 3.63) is 35.4 Å². The molecule has 0 saturated carbocycles. The Balaban J connectivity index is 2.78. The summed E-state index contributed by atoms with van der Waals surface area (Å²) in [5, 5.41) is 6.34. The first kappa shape index (κ1) is 16.4. The van der Waals surface area contributed by atoms with Crippen LogP contribution in [0.1, 0.15) is 33.3 Å². The van der Waals surface area contributed by atoms with Crippen LogP contribution in [0.15, 0.2) is 23.2 Å². The number of benzene rings is 1. The maximum atomic E-state index is 13.5. The third kappa shape index (κ3) is 5.15. The summed E-state index contributed by atoms with van der Waals surface area (Å²) in [6.45, 7) is 9.03. The Labute approximate surface area is 119 Å². The minimum Gasteiger partial charge on any atom is -0.357 e. The second-order valence-corrected chi connectivity index (χ2v) is 5.11. The standard InChI is InChI=1S/C15H23F2N3/c1-5-18-15(20-11(4)10(2)3)19-9-12-8-13(16)6-7-14(12)17/h6-8,10-11H,5,9H2,1-4H3,(H2,18,19,20). The predicted octanol–water partition coefficient (Wildman–Crippen LogP) is 3.06. The number of rotatable bonds is 5. The zero-order chi connectivity index (χ0) is 15.1. The molecule has 1 atom stereocenters. The van der Waals surface area contributed by atoms with Crippen LogP contribution >= 0.6 is 0 Å². The van der Waals surface area contributed by atoms with E-state index in [1.54, 1.807) is 0 Å². The molecular weight excluding hydrogens is 260 g/mol. The van der Waals surface area contributed by atoms with Gasteiger partial charge in [0.05, 0.1) is 6.54 Å². The van der Waals surface area contributed by atoms with Gasteiger partial charge in [-0.25, -0.2) is 13.8 Å². The monoisotopic (exact) mass is 283 g/mol. The molecule has 0 aliphatic carbocycles. The van der Waals surface area contributed by atoms with E-state index in [1.807, 2.05) is 6.92 Å². The summed E-state index contributed by atoms with van der Waals surface area (Å²) in [4.78, 5) is 4.30. The Morgan fingerprint density at radius 3 is 2.55 bits per heavy atom. The molecule has 0 amide bonds. The van der Waals surface area contributed by atoms with Crippen LogP contribution in [0, 0.1) is 17.6 Å². The Morgan fingerprint density at radius 1 is 1.25 bits per heavy atom. The van der Waals surface area contributed by atoms with Gasteiger partial charge in [0, 0.05) is 18.2 Å². The first-order valence-electron chi connectivity index (χ1n) is 6.92. The van der Waals surface area contributed by atoms with Gasteiger partial charge in [0.1, 0.15) is 11.6 Å². The third-order valence-electron chi connectivity index (χ3n) is 3.12. The van der Waals surface area contributed by atoms with Crippen LogP contribution in [-0.2, 0) is 6.54 Å². The van der Waals surface area contributed by atoms with Gasteiger partial charge < -0.3 is 10.6 Å². The molecule has 1 rings (SSSR count). The number of hydrogen-bond acceptors (Lipinski definition) is 1. The maximum absolute atomic E-state index is 13.5. The highest BCUT2D eigenvalue weighted by Crippen LogP contribution is 2.10. The van der Waals surface area contributed by atoms with E-state index < -0.39 is 11.6 Å². The Hall–Kier alpha value is -1.65. The highest BCUT2D eigenvalue weighted by molar-refractivity contribution is 5.80. The molecule has 1 aromatic rings. The molecule has 0 bridgehead atoms. The van der Waals surface area contributed by atoms with Gasteiger partial charge in [-0.15, -0.1) is 0 Å². The molecule has 0 saturated heterocycles. The highest BCUT2D eigenvalue weighted by Gasteiger charge is 2.09. The molecule has 0 heterocycles. The van der Waals surface area contributed by atoms with E-state index in [2.05, 4.69) is 36.4 Å². The van der Waals surface area contributed by atoms with Crippen molar-refractivity contribution in [2.45, 2.75) is 40.3 Å². The van der Waals surface area contributed by atoms with Crippen molar-refractivity contribution >= 4 is 5.96 Å². The summed E-state index contributed by atoms with van der Waals surface area (Å²) in [6, 6.07) is 3.64. The van der Waals surface area contributed by atoms with Gasteiger partial charge in [-0.3, -0.25) is 0 Å². The fraction of sp³-hybridized carbons (Fsp3) is 0.533. The fourth-order valence-electron chi connectivity index (χ4n) is 1.53. The fourth-order valence-corrected chi connectivity index (χ4v) is 1.53. The highest BCUT2D eigenvalue weighted by atomic mass is 19.1. The van der Waals surface area contributed by atoms with Crippen LogP contribution in [0.2, 0.25) is 0 Å². The largest absolute Gasteiger partial charge is 0.357 e. The van der Waals surface area contributed by atoms with Crippen LogP contribution in [0.4, 0.5) is 8.78 Å². The molecule has 1 aromatic carbocycles. The maximum Gasteiger partial charge on any atom is 0.191 e. The minimum atomic E-state index is -0.454. The van der Waals surface area contributed by atoms with Crippen molar-refractivity contribution in [3.8, 4) is 0 Å². The molecule has 0 radical (unpaired) electrons. The average molecular weight is 283 g/mol. The molecule has 1 unspecified atom stereocenters. The van der Waals surface area contributed by atoms with Gasteiger partial charge in [-0.1, -0.05) is 13.8 Å². The van der Waals surface area contributed by atoms with Gasteiger partial charge in [0.2, 0.25) is 0 Å². The lowest BCUT2D eigenvalue weighted by Gasteiger charge is -2.20. The summed E-state index contributed by atoms with van der Waals surface area (Å²) in [5.74, 6) is 0.162. The lowest BCUT2D eigenvalue weighted by atomic mass is 10.1. The molecule has 0 aromatic heterocycles. The van der Waals surface area contributed by atoms with E-state index in [9.17, 15) is 8.78 Å². The van der Waals surface area contributed by atoms with Gasteiger partial charge in [-0.05, 0) is 38.0 Å². The Bertz CT molecular complexity index is 458. The van der Waals surface area contributed by atoms with Crippen molar-refractivity contribution < 1.29 is 8.78 Å². The molecule has 112 valence electrons. The topological polar surface area (TPSA) is 36.4 Å². The van der Waals surface area contributed by atoms with Crippen LogP contribution in [-0.4, -0.2) is 18.5 Å². The average Bonchev–Trinajstić information content (AvgIpc) is 2.39. The van der Waals surface area contributed by atoms with Gasteiger partial charge in [0.25, 0.3) is 0 Å². The second kappa shape index (κ2) is 7.82. The number of nitrogens with zero attached hydrogens (tertiary/aromatic N) is 1.